The van der Waals surface area contributed by atoms with Crippen molar-refractivity contribution in [1.29, 1.82) is 0 Å². The lowest BCUT2D eigenvalue weighted by atomic mass is 10.3. The predicted molar refractivity (Wildman–Crippen MR) is 66.6 cm³/mol. The van der Waals surface area contributed by atoms with E-state index in [2.05, 4.69) is 4.98 Å². The van der Waals surface area contributed by atoms with Gasteiger partial charge in [0.25, 0.3) is 0 Å². The zero-order valence-electron chi connectivity index (χ0n) is 9.63. The van der Waals surface area contributed by atoms with Gasteiger partial charge < -0.3 is 15.6 Å². The van der Waals surface area contributed by atoms with E-state index >= 15 is 0 Å². The number of carbonyl (C=O) groups excluding carboxylic acids is 1. The highest BCUT2D eigenvalue weighted by atomic mass is 32.2. The summed E-state index contributed by atoms with van der Waals surface area (Å²) in [6.45, 7) is 2.07. The van der Waals surface area contributed by atoms with E-state index in [4.69, 9.17) is 10.5 Å². The van der Waals surface area contributed by atoms with Crippen molar-refractivity contribution >= 4 is 23.5 Å². The van der Waals surface area contributed by atoms with E-state index < -0.39 is 6.10 Å². The first-order chi connectivity index (χ1) is 8.11. The lowest BCUT2D eigenvalue weighted by Gasteiger charge is -2.09. The maximum atomic E-state index is 11.1. The number of rotatable bonds is 6. The molecule has 1 aromatic rings. The van der Waals surface area contributed by atoms with Crippen LogP contribution in [-0.2, 0) is 9.53 Å². The molecule has 0 saturated carbocycles. The number of nitrogens with zero attached hydrogens (tertiary/aromatic N) is 1. The molecule has 0 saturated heterocycles. The summed E-state index contributed by atoms with van der Waals surface area (Å²) in [5.74, 6) is 0.502. The zero-order valence-corrected chi connectivity index (χ0v) is 10.4. The van der Waals surface area contributed by atoms with E-state index in [9.17, 15) is 9.90 Å². The number of pyridine rings is 1. The molecular formula is C11H16N2O3S. The Bertz CT molecular complexity index is 356. The van der Waals surface area contributed by atoms with Crippen LogP contribution in [0.15, 0.2) is 23.2 Å². The van der Waals surface area contributed by atoms with Gasteiger partial charge in [0.15, 0.2) is 0 Å². The molecule has 0 fully saturated rings. The standard InChI is InChI=1S/C11H16N2O3S/c1-2-16-11(15)5-8(14)7-17-9-3-4-10(12)13-6-9/h3-4,6,8,14H,2,5,7H2,1H3,(H2,12,13). The molecular weight excluding hydrogens is 240 g/mol. The fourth-order valence-electron chi connectivity index (χ4n) is 1.14. The minimum atomic E-state index is -0.711. The van der Waals surface area contributed by atoms with E-state index in [-0.39, 0.29) is 12.4 Å². The summed E-state index contributed by atoms with van der Waals surface area (Å²) in [6.07, 6.45) is 0.942. The minimum Gasteiger partial charge on any atom is -0.466 e. The normalized spacial score (nSPS) is 12.1. The van der Waals surface area contributed by atoms with Gasteiger partial charge in [-0.05, 0) is 19.1 Å². The summed E-state index contributed by atoms with van der Waals surface area (Å²) in [5.41, 5.74) is 5.45. The third-order valence-electron chi connectivity index (χ3n) is 1.91. The zero-order chi connectivity index (χ0) is 12.7. The summed E-state index contributed by atoms with van der Waals surface area (Å²) in [4.78, 5) is 15.9. The summed E-state index contributed by atoms with van der Waals surface area (Å²) in [6, 6.07) is 3.52. The quantitative estimate of drug-likeness (QED) is 0.585. The van der Waals surface area contributed by atoms with Crippen LogP contribution in [0.25, 0.3) is 0 Å². The van der Waals surface area contributed by atoms with E-state index in [1.807, 2.05) is 6.07 Å². The van der Waals surface area contributed by atoms with Crippen molar-refractivity contribution in [1.82, 2.24) is 4.98 Å². The van der Waals surface area contributed by atoms with Crippen molar-refractivity contribution in [2.75, 3.05) is 18.1 Å². The molecule has 94 valence electrons. The van der Waals surface area contributed by atoms with Gasteiger partial charge in [0.05, 0.1) is 19.1 Å². The molecule has 3 N–H and O–H groups in total. The molecule has 0 amide bonds. The Balaban J connectivity index is 2.30. The summed E-state index contributed by atoms with van der Waals surface area (Å²) in [5, 5.41) is 9.60. The number of nitrogen functional groups attached to an aromatic ring is 1. The second-order valence-corrected chi connectivity index (χ2v) is 4.49. The topological polar surface area (TPSA) is 85.4 Å². The molecule has 1 aromatic heterocycles. The Hall–Kier alpha value is -1.27. The Labute approximate surface area is 104 Å². The van der Waals surface area contributed by atoms with E-state index in [0.717, 1.165) is 4.90 Å². The van der Waals surface area contributed by atoms with Gasteiger partial charge in [-0.15, -0.1) is 11.8 Å². The smallest absolute Gasteiger partial charge is 0.308 e. The first-order valence-corrected chi connectivity index (χ1v) is 6.28. The Morgan fingerprint density at radius 1 is 1.65 bits per heavy atom. The molecule has 0 bridgehead atoms. The number of hydrogen-bond acceptors (Lipinski definition) is 6. The number of esters is 1. The second kappa shape index (κ2) is 7.13. The average molecular weight is 256 g/mol. The van der Waals surface area contributed by atoms with Gasteiger partial charge >= 0.3 is 5.97 Å². The van der Waals surface area contributed by atoms with Crippen LogP contribution in [0.3, 0.4) is 0 Å². The third-order valence-corrected chi connectivity index (χ3v) is 3.04. The number of anilines is 1. The van der Waals surface area contributed by atoms with E-state index in [0.29, 0.717) is 18.2 Å². The molecule has 0 radical (unpaired) electrons. The monoisotopic (exact) mass is 256 g/mol. The summed E-state index contributed by atoms with van der Waals surface area (Å²) < 4.78 is 4.74. The van der Waals surface area contributed by atoms with Crippen molar-refractivity contribution in [3.05, 3.63) is 18.3 Å². The van der Waals surface area contributed by atoms with Crippen LogP contribution in [-0.4, -0.2) is 34.5 Å². The summed E-state index contributed by atoms with van der Waals surface area (Å²) in [7, 11) is 0. The number of nitrogens with two attached hydrogens (primary N) is 1. The van der Waals surface area contributed by atoms with Crippen LogP contribution in [0, 0.1) is 0 Å². The Morgan fingerprint density at radius 3 is 3.00 bits per heavy atom. The van der Waals surface area contributed by atoms with Gasteiger partial charge in [0.2, 0.25) is 0 Å². The fourth-order valence-corrected chi connectivity index (χ4v) is 1.93. The number of aromatic nitrogens is 1. The molecule has 6 heteroatoms. The van der Waals surface area contributed by atoms with Crippen molar-refractivity contribution in [2.24, 2.45) is 0 Å². The molecule has 0 aliphatic carbocycles. The number of hydrogen-bond donors (Lipinski definition) is 2. The molecule has 0 aliphatic rings. The van der Waals surface area contributed by atoms with Crippen LogP contribution in [0.5, 0.6) is 0 Å². The largest absolute Gasteiger partial charge is 0.466 e. The van der Waals surface area contributed by atoms with Gasteiger partial charge in [-0.1, -0.05) is 0 Å². The average Bonchev–Trinajstić information content (AvgIpc) is 2.28. The number of aliphatic hydroxyl groups excluding tert-OH is 1. The van der Waals surface area contributed by atoms with E-state index in [1.54, 1.807) is 19.2 Å². The summed E-state index contributed by atoms with van der Waals surface area (Å²) >= 11 is 1.42. The first-order valence-electron chi connectivity index (χ1n) is 5.29. The maximum Gasteiger partial charge on any atom is 0.308 e. The molecule has 5 nitrogen and oxygen atoms in total. The highest BCUT2D eigenvalue weighted by Gasteiger charge is 2.11. The van der Waals surface area contributed by atoms with Gasteiger partial charge in [-0.25, -0.2) is 4.98 Å². The Morgan fingerprint density at radius 2 is 2.41 bits per heavy atom. The molecule has 1 heterocycles. The number of ether oxygens (including phenoxy) is 1. The third kappa shape index (κ3) is 5.55. The van der Waals surface area contributed by atoms with Crippen molar-refractivity contribution in [3.8, 4) is 0 Å². The molecule has 1 unspecified atom stereocenters. The molecule has 0 aromatic carbocycles. The van der Waals surface area contributed by atoms with Crippen LogP contribution in [0.4, 0.5) is 5.82 Å². The second-order valence-electron chi connectivity index (χ2n) is 3.39. The molecule has 0 spiro atoms. The lowest BCUT2D eigenvalue weighted by molar-refractivity contribution is -0.144. The highest BCUT2D eigenvalue weighted by molar-refractivity contribution is 7.99. The van der Waals surface area contributed by atoms with Gasteiger partial charge in [0, 0.05) is 16.8 Å². The predicted octanol–water partition coefficient (Wildman–Crippen LogP) is 1.07. The molecule has 0 aliphatic heterocycles. The lowest BCUT2D eigenvalue weighted by Crippen LogP contribution is -2.17. The molecule has 1 rings (SSSR count). The molecule has 1 atom stereocenters. The minimum absolute atomic E-state index is 0.0171. The van der Waals surface area contributed by atoms with E-state index in [1.165, 1.54) is 11.8 Å². The SMILES string of the molecule is CCOC(=O)CC(O)CSc1ccc(N)nc1. The van der Waals surface area contributed by atoms with Gasteiger partial charge in [-0.3, -0.25) is 4.79 Å². The van der Waals surface area contributed by atoms with Crippen LogP contribution < -0.4 is 5.73 Å². The maximum absolute atomic E-state index is 11.1. The van der Waals surface area contributed by atoms with Crippen LogP contribution in [0.1, 0.15) is 13.3 Å². The number of aliphatic hydroxyl groups is 1. The highest BCUT2D eigenvalue weighted by Crippen LogP contribution is 2.19. The fraction of sp³-hybridized carbons (Fsp3) is 0.455. The van der Waals surface area contributed by atoms with Crippen molar-refractivity contribution < 1.29 is 14.6 Å². The van der Waals surface area contributed by atoms with Crippen molar-refractivity contribution in [2.45, 2.75) is 24.3 Å². The van der Waals surface area contributed by atoms with Gasteiger partial charge in [-0.2, -0.15) is 0 Å². The Kier molecular flexibility index (Phi) is 5.79. The van der Waals surface area contributed by atoms with Gasteiger partial charge in [0.1, 0.15) is 5.82 Å². The number of carbonyl (C=O) groups is 1. The van der Waals surface area contributed by atoms with Crippen molar-refractivity contribution in [3.63, 3.8) is 0 Å². The van der Waals surface area contributed by atoms with Crippen LogP contribution in [0.2, 0.25) is 0 Å². The number of thioether (sulfide) groups is 1. The first kappa shape index (κ1) is 13.8. The molecule has 17 heavy (non-hydrogen) atoms. The van der Waals surface area contributed by atoms with Crippen LogP contribution >= 0.6 is 11.8 Å².